The van der Waals surface area contributed by atoms with Gasteiger partial charge in [0.1, 0.15) is 5.75 Å². The third kappa shape index (κ3) is 4.50. The summed E-state index contributed by atoms with van der Waals surface area (Å²) in [5, 5.41) is 24.0. The molecule has 0 saturated heterocycles. The van der Waals surface area contributed by atoms with Gasteiger partial charge in [-0.25, -0.2) is 0 Å². The molecule has 0 unspecified atom stereocenters. The molecule has 8 nitrogen and oxygen atoms in total. The standard InChI is InChI=1S/C20H14F7N3O5/c21-18(22,19(23,24)20(25,26)27)17(32)10-15(12-4-2-1-3-5-12)28-29(17)16(31)11-35-14-8-6-13(7-9-14)30(33)34/h1-9,32H,10-11H2/t17-/m0/s1. The van der Waals surface area contributed by atoms with E-state index in [0.717, 1.165) is 24.3 Å². The van der Waals surface area contributed by atoms with E-state index in [2.05, 4.69) is 5.10 Å². The molecule has 1 aliphatic rings. The fraction of sp³-hybridized carbons (Fsp3) is 0.300. The van der Waals surface area contributed by atoms with Crippen molar-refractivity contribution in [1.29, 1.82) is 0 Å². The maximum absolute atomic E-state index is 14.7. The minimum atomic E-state index is -6.77. The topological polar surface area (TPSA) is 105 Å². The maximum atomic E-state index is 14.7. The number of halogens is 7. The van der Waals surface area contributed by atoms with E-state index in [0.29, 0.717) is 0 Å². The number of hydrogen-bond donors (Lipinski definition) is 1. The Kier molecular flexibility index (Phi) is 6.50. The number of hydrazone groups is 1. The van der Waals surface area contributed by atoms with Crippen molar-refractivity contribution in [2.75, 3.05) is 6.61 Å². The van der Waals surface area contributed by atoms with E-state index in [9.17, 15) is 50.7 Å². The first-order valence-corrected chi connectivity index (χ1v) is 9.50. The number of carbonyl (C=O) groups is 1. The number of non-ortho nitro benzene ring substituents is 1. The highest BCUT2D eigenvalue weighted by atomic mass is 19.4. The number of aliphatic hydroxyl groups is 1. The Bertz CT molecular complexity index is 1140. The summed E-state index contributed by atoms with van der Waals surface area (Å²) in [6, 6.07) is 10.7. The van der Waals surface area contributed by atoms with Crippen molar-refractivity contribution in [3.8, 4) is 5.75 Å². The van der Waals surface area contributed by atoms with Gasteiger partial charge >= 0.3 is 18.0 Å². The molecule has 1 atom stereocenters. The molecule has 188 valence electrons. The Hall–Kier alpha value is -3.75. The number of rotatable bonds is 7. The van der Waals surface area contributed by atoms with E-state index in [1.165, 1.54) is 30.3 Å². The maximum Gasteiger partial charge on any atom is 0.460 e. The Morgan fingerprint density at radius 3 is 2.14 bits per heavy atom. The molecule has 0 spiro atoms. The number of nitro groups is 1. The lowest BCUT2D eigenvalue weighted by Crippen LogP contribution is -2.69. The van der Waals surface area contributed by atoms with Crippen molar-refractivity contribution in [1.82, 2.24) is 5.01 Å². The average molecular weight is 509 g/mol. The van der Waals surface area contributed by atoms with Gasteiger partial charge in [-0.15, -0.1) is 0 Å². The fourth-order valence-electron chi connectivity index (χ4n) is 3.14. The van der Waals surface area contributed by atoms with E-state index < -0.39 is 58.3 Å². The molecule has 0 aromatic heterocycles. The van der Waals surface area contributed by atoms with Gasteiger partial charge in [-0.3, -0.25) is 14.9 Å². The van der Waals surface area contributed by atoms with Gasteiger partial charge in [0.05, 0.1) is 10.6 Å². The van der Waals surface area contributed by atoms with Crippen LogP contribution in [-0.2, 0) is 4.79 Å². The average Bonchev–Trinajstić information content (AvgIpc) is 3.17. The van der Waals surface area contributed by atoms with Crippen LogP contribution in [0.1, 0.15) is 12.0 Å². The highest BCUT2D eigenvalue weighted by Gasteiger charge is 2.82. The normalized spacial score (nSPS) is 18.9. The summed E-state index contributed by atoms with van der Waals surface area (Å²) in [5.41, 5.74) is -5.35. The van der Waals surface area contributed by atoms with Crippen molar-refractivity contribution < 1.29 is 50.3 Å². The molecule has 35 heavy (non-hydrogen) atoms. The van der Waals surface area contributed by atoms with Crippen LogP contribution in [0.2, 0.25) is 0 Å². The van der Waals surface area contributed by atoms with Gasteiger partial charge in [0, 0.05) is 18.6 Å². The second kappa shape index (κ2) is 8.79. The van der Waals surface area contributed by atoms with Gasteiger partial charge in [0.2, 0.25) is 5.72 Å². The van der Waals surface area contributed by atoms with Crippen molar-refractivity contribution in [2.24, 2.45) is 5.10 Å². The summed E-state index contributed by atoms with van der Waals surface area (Å²) in [6.45, 7) is -1.24. The van der Waals surface area contributed by atoms with Crippen LogP contribution in [-0.4, -0.2) is 57.0 Å². The van der Waals surface area contributed by atoms with Crippen molar-refractivity contribution in [3.63, 3.8) is 0 Å². The highest BCUT2D eigenvalue weighted by molar-refractivity contribution is 6.03. The predicted octanol–water partition coefficient (Wildman–Crippen LogP) is 4.13. The van der Waals surface area contributed by atoms with Gasteiger partial charge in [0.25, 0.3) is 11.6 Å². The van der Waals surface area contributed by atoms with E-state index in [-0.39, 0.29) is 17.0 Å². The number of alkyl halides is 7. The molecule has 3 rings (SSSR count). The number of hydrogen-bond acceptors (Lipinski definition) is 6. The molecule has 1 N–H and O–H groups in total. The van der Waals surface area contributed by atoms with Crippen molar-refractivity contribution in [3.05, 3.63) is 70.3 Å². The molecule has 15 heteroatoms. The molecule has 0 radical (unpaired) electrons. The van der Waals surface area contributed by atoms with Gasteiger partial charge in [0.15, 0.2) is 6.61 Å². The molecule has 2 aromatic carbocycles. The fourth-order valence-corrected chi connectivity index (χ4v) is 3.14. The van der Waals surface area contributed by atoms with Crippen LogP contribution in [0, 0.1) is 10.1 Å². The minimum Gasteiger partial charge on any atom is -0.484 e. The Balaban J connectivity index is 1.95. The van der Waals surface area contributed by atoms with Gasteiger partial charge in [-0.05, 0) is 17.7 Å². The number of ether oxygens (including phenoxy) is 1. The van der Waals surface area contributed by atoms with Crippen LogP contribution in [0.15, 0.2) is 59.7 Å². The molecular weight excluding hydrogens is 495 g/mol. The number of benzene rings is 2. The largest absolute Gasteiger partial charge is 0.484 e. The summed E-state index contributed by atoms with van der Waals surface area (Å²) in [4.78, 5) is 22.5. The molecule has 0 saturated carbocycles. The molecular formula is C20H14F7N3O5. The lowest BCUT2D eigenvalue weighted by molar-refractivity contribution is -0.401. The minimum absolute atomic E-state index is 0.0244. The summed E-state index contributed by atoms with van der Waals surface area (Å²) in [6.07, 6.45) is -8.33. The predicted molar refractivity (Wildman–Crippen MR) is 104 cm³/mol. The first kappa shape index (κ1) is 25.9. The van der Waals surface area contributed by atoms with Crippen molar-refractivity contribution >= 4 is 17.3 Å². The molecule has 0 aliphatic carbocycles. The number of nitro benzene ring substituents is 1. The third-order valence-electron chi connectivity index (χ3n) is 4.99. The highest BCUT2D eigenvalue weighted by Crippen LogP contribution is 2.54. The van der Waals surface area contributed by atoms with Crippen LogP contribution in [0.4, 0.5) is 36.4 Å². The number of carbonyl (C=O) groups excluding carboxylic acids is 1. The van der Waals surface area contributed by atoms with E-state index >= 15 is 0 Å². The van der Waals surface area contributed by atoms with Gasteiger partial charge < -0.3 is 9.84 Å². The van der Waals surface area contributed by atoms with Crippen LogP contribution < -0.4 is 4.74 Å². The van der Waals surface area contributed by atoms with E-state index in [1.54, 1.807) is 0 Å². The lowest BCUT2D eigenvalue weighted by Gasteiger charge is -2.41. The SMILES string of the molecule is O=C(COc1ccc([N+](=O)[O-])cc1)N1N=C(c2ccccc2)C[C@]1(O)C(F)(F)C(F)(F)C(F)(F)F. The van der Waals surface area contributed by atoms with Crippen LogP contribution in [0.3, 0.4) is 0 Å². The third-order valence-corrected chi connectivity index (χ3v) is 4.99. The van der Waals surface area contributed by atoms with E-state index in [4.69, 9.17) is 4.74 Å². The van der Waals surface area contributed by atoms with Crippen LogP contribution in [0.25, 0.3) is 0 Å². The molecule has 1 aliphatic heterocycles. The Labute approximate surface area is 191 Å². The molecule has 1 amide bonds. The Morgan fingerprint density at radius 1 is 1.06 bits per heavy atom. The first-order valence-electron chi connectivity index (χ1n) is 9.50. The molecule has 2 aromatic rings. The van der Waals surface area contributed by atoms with Crippen molar-refractivity contribution in [2.45, 2.75) is 30.2 Å². The lowest BCUT2D eigenvalue weighted by atomic mass is 9.91. The molecule has 0 bridgehead atoms. The van der Waals surface area contributed by atoms with E-state index in [1.807, 2.05) is 0 Å². The molecule has 0 fully saturated rings. The van der Waals surface area contributed by atoms with Gasteiger partial charge in [-0.2, -0.15) is 40.8 Å². The second-order valence-electron chi connectivity index (χ2n) is 7.30. The summed E-state index contributed by atoms with van der Waals surface area (Å²) < 4.78 is 100. The van der Waals surface area contributed by atoms with Crippen LogP contribution >= 0.6 is 0 Å². The quantitative estimate of drug-likeness (QED) is 0.343. The zero-order valence-corrected chi connectivity index (χ0v) is 17.2. The zero-order chi connectivity index (χ0) is 26.2. The zero-order valence-electron chi connectivity index (χ0n) is 17.2. The van der Waals surface area contributed by atoms with Crippen LogP contribution in [0.5, 0.6) is 5.75 Å². The number of amides is 1. The smallest absolute Gasteiger partial charge is 0.460 e. The Morgan fingerprint density at radius 2 is 1.63 bits per heavy atom. The first-order chi connectivity index (χ1) is 16.1. The summed E-state index contributed by atoms with van der Waals surface area (Å²) in [5.74, 6) is -14.9. The van der Waals surface area contributed by atoms with Gasteiger partial charge in [-0.1, -0.05) is 30.3 Å². The second-order valence-corrected chi connectivity index (χ2v) is 7.30. The summed E-state index contributed by atoms with van der Waals surface area (Å²) >= 11 is 0. The monoisotopic (exact) mass is 509 g/mol. The molecule has 1 heterocycles. The number of nitrogens with zero attached hydrogens (tertiary/aromatic N) is 3. The summed E-state index contributed by atoms with van der Waals surface area (Å²) in [7, 11) is 0.